The number of ether oxygens (including phenoxy) is 2. The van der Waals surface area contributed by atoms with Crippen LogP contribution in [-0.4, -0.2) is 49.1 Å². The van der Waals surface area contributed by atoms with E-state index < -0.39 is 12.0 Å². The van der Waals surface area contributed by atoms with Gasteiger partial charge in [0.05, 0.1) is 13.7 Å². The normalized spacial score (nSPS) is 11.2. The highest BCUT2D eigenvalue weighted by Gasteiger charge is 2.21. The van der Waals surface area contributed by atoms with E-state index in [9.17, 15) is 19.5 Å². The lowest BCUT2D eigenvalue weighted by Crippen LogP contribution is -2.32. The summed E-state index contributed by atoms with van der Waals surface area (Å²) in [5.74, 6) is -0.149. The number of aliphatic carboxylic acids is 1. The van der Waals surface area contributed by atoms with E-state index in [4.69, 9.17) is 9.47 Å². The van der Waals surface area contributed by atoms with Crippen LogP contribution in [0.2, 0.25) is 0 Å². The summed E-state index contributed by atoms with van der Waals surface area (Å²) in [6, 6.07) is 29.3. The summed E-state index contributed by atoms with van der Waals surface area (Å²) in [4.78, 5) is 39.3. The zero-order valence-corrected chi connectivity index (χ0v) is 23.9. The van der Waals surface area contributed by atoms with Gasteiger partial charge >= 0.3 is 5.97 Å². The summed E-state index contributed by atoms with van der Waals surface area (Å²) < 4.78 is 11.2. The van der Waals surface area contributed by atoms with Crippen molar-refractivity contribution in [1.29, 1.82) is 0 Å². The fourth-order valence-electron chi connectivity index (χ4n) is 4.57. The molecular weight excluding hydrogens is 544 g/mol. The van der Waals surface area contributed by atoms with Crippen LogP contribution in [0.1, 0.15) is 27.9 Å². The predicted octanol–water partition coefficient (Wildman–Crippen LogP) is 6.02. The van der Waals surface area contributed by atoms with Gasteiger partial charge in [-0.3, -0.25) is 9.59 Å². The Balaban J connectivity index is 1.34. The summed E-state index contributed by atoms with van der Waals surface area (Å²) in [6.45, 7) is 4.40. The van der Waals surface area contributed by atoms with Gasteiger partial charge in [-0.2, -0.15) is 0 Å². The minimum Gasteiger partial charge on any atom is -0.497 e. The molecule has 0 aliphatic rings. The number of benzene rings is 4. The molecule has 0 aliphatic heterocycles. The number of carboxylic acid groups (broad SMARTS) is 1. The zero-order valence-electron chi connectivity index (χ0n) is 23.9. The van der Waals surface area contributed by atoms with Gasteiger partial charge in [0, 0.05) is 41.5 Å². The minimum atomic E-state index is -1.03. The second-order valence-corrected chi connectivity index (χ2v) is 9.72. The Bertz CT molecular complexity index is 1550. The van der Waals surface area contributed by atoms with Crippen molar-refractivity contribution in [2.75, 3.05) is 30.5 Å². The maximum Gasteiger partial charge on any atom is 0.326 e. The minimum absolute atomic E-state index is 0.185. The third-order valence-corrected chi connectivity index (χ3v) is 6.80. The van der Waals surface area contributed by atoms with E-state index in [1.165, 1.54) is 6.08 Å². The van der Waals surface area contributed by atoms with Gasteiger partial charge in [0.2, 0.25) is 5.91 Å². The Morgan fingerprint density at radius 2 is 1.63 bits per heavy atom. The Hall–Kier alpha value is -5.37. The second kappa shape index (κ2) is 15.0. The summed E-state index contributed by atoms with van der Waals surface area (Å²) in [5.41, 5.74) is 2.90. The first-order valence-electron chi connectivity index (χ1n) is 13.9. The number of hydrogen-bond acceptors (Lipinski definition) is 6. The van der Waals surface area contributed by atoms with Crippen molar-refractivity contribution in [2.24, 2.45) is 0 Å². The molecule has 0 saturated heterocycles. The molecule has 220 valence electrons. The highest BCUT2D eigenvalue weighted by molar-refractivity contribution is 6.12. The molecule has 2 N–H and O–H groups in total. The number of para-hydroxylation sites is 1. The van der Waals surface area contributed by atoms with E-state index in [0.29, 0.717) is 53.6 Å². The van der Waals surface area contributed by atoms with Crippen LogP contribution >= 0.6 is 0 Å². The van der Waals surface area contributed by atoms with Crippen LogP contribution in [0.4, 0.5) is 11.4 Å². The topological polar surface area (TPSA) is 105 Å². The van der Waals surface area contributed by atoms with Gasteiger partial charge in [-0.15, -0.1) is 0 Å². The van der Waals surface area contributed by atoms with Gasteiger partial charge in [0.1, 0.15) is 17.5 Å². The molecule has 4 aromatic rings. The first kappa shape index (κ1) is 30.6. The van der Waals surface area contributed by atoms with Crippen molar-refractivity contribution in [3.8, 4) is 11.5 Å². The number of methoxy groups -OCH3 is 1. The third-order valence-electron chi connectivity index (χ3n) is 6.80. The molecule has 0 bridgehead atoms. The highest BCUT2D eigenvalue weighted by Crippen LogP contribution is 2.23. The first-order valence-corrected chi connectivity index (χ1v) is 13.9. The van der Waals surface area contributed by atoms with Crippen molar-refractivity contribution in [1.82, 2.24) is 0 Å². The molecule has 0 radical (unpaired) electrons. The van der Waals surface area contributed by atoms with Gasteiger partial charge in [0.25, 0.3) is 0 Å². The van der Waals surface area contributed by atoms with Crippen LogP contribution in [0.3, 0.4) is 0 Å². The van der Waals surface area contributed by atoms with Gasteiger partial charge in [-0.1, -0.05) is 67.2 Å². The lowest BCUT2D eigenvalue weighted by molar-refractivity contribution is -0.137. The maximum absolute atomic E-state index is 13.1. The molecular formula is C35H34N2O6. The number of hydrogen-bond donors (Lipinski definition) is 2. The SMILES string of the molecule is C=CC(=O)N(CCCOc1ccc(CC(Nc2ccccc2C(=O)c2ccccc2)C(=O)O)cc1)c1cccc(OC)c1. The van der Waals surface area contributed by atoms with Gasteiger partial charge in [0.15, 0.2) is 5.78 Å². The highest BCUT2D eigenvalue weighted by atomic mass is 16.5. The van der Waals surface area contributed by atoms with Crippen molar-refractivity contribution in [2.45, 2.75) is 18.9 Å². The molecule has 4 rings (SSSR count). The molecule has 0 saturated carbocycles. The molecule has 0 aromatic heterocycles. The maximum atomic E-state index is 13.1. The van der Waals surface area contributed by atoms with Gasteiger partial charge in [-0.25, -0.2) is 4.79 Å². The molecule has 0 fully saturated rings. The van der Waals surface area contributed by atoms with E-state index in [2.05, 4.69) is 11.9 Å². The molecule has 1 atom stereocenters. The van der Waals surface area contributed by atoms with E-state index in [0.717, 1.165) is 5.56 Å². The van der Waals surface area contributed by atoms with Gasteiger partial charge < -0.3 is 24.8 Å². The van der Waals surface area contributed by atoms with Crippen molar-refractivity contribution in [3.05, 3.63) is 132 Å². The molecule has 43 heavy (non-hydrogen) atoms. The molecule has 1 unspecified atom stereocenters. The number of carboxylic acids is 1. The molecule has 4 aromatic carbocycles. The number of nitrogens with zero attached hydrogens (tertiary/aromatic N) is 1. The fraction of sp³-hybridized carbons (Fsp3) is 0.171. The zero-order chi connectivity index (χ0) is 30.6. The number of rotatable bonds is 15. The Labute approximate surface area is 251 Å². The summed E-state index contributed by atoms with van der Waals surface area (Å²) in [5, 5.41) is 13.0. The predicted molar refractivity (Wildman–Crippen MR) is 167 cm³/mol. The number of amides is 1. The fourth-order valence-corrected chi connectivity index (χ4v) is 4.57. The van der Waals surface area contributed by atoms with Crippen LogP contribution in [0, 0.1) is 0 Å². The molecule has 0 aliphatic carbocycles. The van der Waals surface area contributed by atoms with Gasteiger partial charge in [-0.05, 0) is 54.5 Å². The molecule has 8 heteroatoms. The second-order valence-electron chi connectivity index (χ2n) is 9.72. The third kappa shape index (κ3) is 8.33. The Morgan fingerprint density at radius 3 is 2.33 bits per heavy atom. The van der Waals surface area contributed by atoms with E-state index >= 15 is 0 Å². The monoisotopic (exact) mass is 578 g/mol. The lowest BCUT2D eigenvalue weighted by atomic mass is 10.00. The molecule has 8 nitrogen and oxygen atoms in total. The number of carbonyl (C=O) groups excluding carboxylic acids is 2. The quantitative estimate of drug-likeness (QED) is 0.101. The molecule has 0 spiro atoms. The standard InChI is InChI=1S/C35H34N2O6/c1-3-33(38)37(27-13-9-14-29(24-27)42-2)21-10-22-43-28-19-17-25(18-20-28)23-32(35(40)41)36-31-16-8-7-15-30(31)34(39)26-11-5-4-6-12-26/h3-9,11-20,24,32,36H,1,10,21-23H2,2H3,(H,40,41). The number of nitrogens with one attached hydrogen (secondary N) is 1. The summed E-state index contributed by atoms with van der Waals surface area (Å²) in [7, 11) is 1.57. The number of carbonyl (C=O) groups is 3. The average molecular weight is 579 g/mol. The van der Waals surface area contributed by atoms with Crippen molar-refractivity contribution in [3.63, 3.8) is 0 Å². The van der Waals surface area contributed by atoms with E-state index in [-0.39, 0.29) is 18.1 Å². The lowest BCUT2D eigenvalue weighted by Gasteiger charge is -2.22. The van der Waals surface area contributed by atoms with Crippen LogP contribution in [-0.2, 0) is 16.0 Å². The summed E-state index contributed by atoms with van der Waals surface area (Å²) >= 11 is 0. The largest absolute Gasteiger partial charge is 0.497 e. The van der Waals surface area contributed by atoms with Crippen LogP contribution < -0.4 is 19.7 Å². The van der Waals surface area contributed by atoms with Crippen molar-refractivity contribution < 1.29 is 29.0 Å². The van der Waals surface area contributed by atoms with Crippen LogP contribution in [0.25, 0.3) is 0 Å². The van der Waals surface area contributed by atoms with Crippen LogP contribution in [0.15, 0.2) is 116 Å². The van der Waals surface area contributed by atoms with E-state index in [1.807, 2.05) is 36.4 Å². The first-order chi connectivity index (χ1) is 20.9. The number of anilines is 2. The average Bonchev–Trinajstić information content (AvgIpc) is 3.05. The summed E-state index contributed by atoms with van der Waals surface area (Å²) in [6.07, 6.45) is 2.05. The Morgan fingerprint density at radius 1 is 0.907 bits per heavy atom. The van der Waals surface area contributed by atoms with Crippen LogP contribution in [0.5, 0.6) is 11.5 Å². The molecule has 0 heterocycles. The molecule has 1 amide bonds. The Kier molecular flexibility index (Phi) is 10.7. The van der Waals surface area contributed by atoms with E-state index in [1.54, 1.807) is 78.7 Å². The smallest absolute Gasteiger partial charge is 0.326 e. The van der Waals surface area contributed by atoms with Crippen molar-refractivity contribution >= 4 is 29.0 Å². The number of ketones is 1.